The predicted octanol–water partition coefficient (Wildman–Crippen LogP) is 0.824. The Bertz CT molecular complexity index is 521. The summed E-state index contributed by atoms with van der Waals surface area (Å²) >= 11 is 0. The largest absolute Gasteiger partial charge is 0.317 e. The summed E-state index contributed by atoms with van der Waals surface area (Å²) in [7, 11) is 0. The summed E-state index contributed by atoms with van der Waals surface area (Å²) in [5.41, 5.74) is -0.329. The highest BCUT2D eigenvalue weighted by molar-refractivity contribution is 6.15. The monoisotopic (exact) mass is 247 g/mol. The van der Waals surface area contributed by atoms with Gasteiger partial charge in [-0.1, -0.05) is 12.1 Å². The number of amidine groups is 1. The molecule has 4 nitrogen and oxygen atoms in total. The van der Waals surface area contributed by atoms with Gasteiger partial charge < -0.3 is 10.6 Å². The third-order valence-electron chi connectivity index (χ3n) is 3.54. The molecule has 1 fully saturated rings. The van der Waals surface area contributed by atoms with E-state index in [2.05, 4.69) is 15.6 Å². The Morgan fingerprint density at radius 2 is 1.94 bits per heavy atom. The molecule has 1 aromatic rings. The molecule has 0 saturated carbocycles. The number of aliphatic imine (C=N–C) groups is 1. The molecule has 0 bridgehead atoms. The number of carbonyl (C=O) groups is 1. The van der Waals surface area contributed by atoms with Gasteiger partial charge in [0.05, 0.1) is 5.56 Å². The smallest absolute Gasteiger partial charge is 0.253 e. The van der Waals surface area contributed by atoms with E-state index in [-0.39, 0.29) is 11.7 Å². The van der Waals surface area contributed by atoms with Gasteiger partial charge in [0, 0.05) is 0 Å². The van der Waals surface area contributed by atoms with Crippen molar-refractivity contribution < 1.29 is 9.18 Å². The Labute approximate surface area is 104 Å². The Kier molecular flexibility index (Phi) is 2.63. The minimum absolute atomic E-state index is 0.109. The number of hydrogen-bond acceptors (Lipinski definition) is 3. The molecule has 3 rings (SSSR count). The molecule has 18 heavy (non-hydrogen) atoms. The van der Waals surface area contributed by atoms with Crippen LogP contribution >= 0.6 is 0 Å². The van der Waals surface area contributed by atoms with Gasteiger partial charge in [0.25, 0.3) is 5.91 Å². The first-order chi connectivity index (χ1) is 8.71. The summed E-state index contributed by atoms with van der Waals surface area (Å²) in [4.78, 5) is 16.5. The quantitative estimate of drug-likeness (QED) is 0.772. The van der Waals surface area contributed by atoms with Crippen LogP contribution in [-0.2, 0) is 4.79 Å². The lowest BCUT2D eigenvalue weighted by molar-refractivity contribution is -0.124. The van der Waals surface area contributed by atoms with Crippen LogP contribution in [0.5, 0.6) is 0 Å². The molecule has 0 aliphatic carbocycles. The molecule has 0 unspecified atom stereocenters. The van der Waals surface area contributed by atoms with Crippen LogP contribution in [0.2, 0.25) is 0 Å². The molecule has 1 spiro atoms. The third-order valence-corrected chi connectivity index (χ3v) is 3.54. The first-order valence-electron chi connectivity index (χ1n) is 6.08. The van der Waals surface area contributed by atoms with E-state index in [0.717, 1.165) is 13.1 Å². The van der Waals surface area contributed by atoms with Gasteiger partial charge in [-0.25, -0.2) is 4.39 Å². The molecule has 1 saturated heterocycles. The molecule has 5 heteroatoms. The van der Waals surface area contributed by atoms with E-state index in [4.69, 9.17) is 0 Å². The van der Waals surface area contributed by atoms with Crippen LogP contribution in [0.3, 0.4) is 0 Å². The number of rotatable bonds is 1. The zero-order valence-corrected chi connectivity index (χ0v) is 9.87. The van der Waals surface area contributed by atoms with Crippen LogP contribution in [0, 0.1) is 5.82 Å². The standard InChI is InChI=1S/C13H14FN3O/c14-10-4-2-1-3-9(10)11-16-12(18)13(17-11)5-7-15-8-6-13/h1-4,15H,5-8H2,(H,16,17,18). The Morgan fingerprint density at radius 3 is 2.67 bits per heavy atom. The van der Waals surface area contributed by atoms with Gasteiger partial charge in [-0.05, 0) is 38.1 Å². The number of nitrogens with one attached hydrogen (secondary N) is 2. The van der Waals surface area contributed by atoms with E-state index in [9.17, 15) is 9.18 Å². The number of hydrogen-bond donors (Lipinski definition) is 2. The van der Waals surface area contributed by atoms with Gasteiger partial charge in [0.15, 0.2) is 0 Å². The highest BCUT2D eigenvalue weighted by Crippen LogP contribution is 2.28. The zero-order chi connectivity index (χ0) is 12.6. The maximum Gasteiger partial charge on any atom is 0.253 e. The highest BCUT2D eigenvalue weighted by Gasteiger charge is 2.44. The first-order valence-corrected chi connectivity index (χ1v) is 6.08. The Hall–Kier alpha value is -1.75. The van der Waals surface area contributed by atoms with Crippen molar-refractivity contribution in [2.45, 2.75) is 18.4 Å². The van der Waals surface area contributed by atoms with Gasteiger partial charge in [0.1, 0.15) is 17.2 Å². The van der Waals surface area contributed by atoms with Crippen LogP contribution < -0.4 is 10.6 Å². The molecule has 2 N–H and O–H groups in total. The van der Waals surface area contributed by atoms with Crippen LogP contribution in [0.1, 0.15) is 18.4 Å². The highest BCUT2D eigenvalue weighted by atomic mass is 19.1. The van der Waals surface area contributed by atoms with Crippen LogP contribution in [-0.4, -0.2) is 30.4 Å². The summed E-state index contributed by atoms with van der Waals surface area (Å²) in [6.07, 6.45) is 1.33. The topological polar surface area (TPSA) is 53.5 Å². The number of nitrogens with zero attached hydrogens (tertiary/aromatic N) is 1. The van der Waals surface area contributed by atoms with Crippen LogP contribution in [0.4, 0.5) is 4.39 Å². The normalized spacial score (nSPS) is 21.8. The fourth-order valence-electron chi connectivity index (χ4n) is 2.48. The number of amides is 1. The molecular formula is C13H14FN3O. The molecule has 0 atom stereocenters. The van der Waals surface area contributed by atoms with Gasteiger partial charge in [-0.3, -0.25) is 9.79 Å². The molecule has 1 aromatic carbocycles. The first kappa shape index (κ1) is 11.3. The molecule has 0 radical (unpaired) electrons. The number of carbonyl (C=O) groups excluding carboxylic acids is 1. The molecule has 2 heterocycles. The van der Waals surface area contributed by atoms with E-state index >= 15 is 0 Å². The maximum absolute atomic E-state index is 13.7. The van der Waals surface area contributed by atoms with Gasteiger partial charge in [-0.2, -0.15) is 0 Å². The second kappa shape index (κ2) is 4.17. The van der Waals surface area contributed by atoms with E-state index in [1.807, 2.05) is 0 Å². The molecule has 2 aliphatic heterocycles. The van der Waals surface area contributed by atoms with Gasteiger partial charge >= 0.3 is 0 Å². The molecule has 94 valence electrons. The summed E-state index contributed by atoms with van der Waals surface area (Å²) in [5.74, 6) is -0.107. The minimum atomic E-state index is -0.692. The number of halogens is 1. The minimum Gasteiger partial charge on any atom is -0.317 e. The van der Waals surface area contributed by atoms with Crippen molar-refractivity contribution in [2.75, 3.05) is 13.1 Å². The van der Waals surface area contributed by atoms with Crippen LogP contribution in [0.25, 0.3) is 0 Å². The lowest BCUT2D eigenvalue weighted by atomic mass is 9.89. The predicted molar refractivity (Wildman–Crippen MR) is 65.9 cm³/mol. The van der Waals surface area contributed by atoms with Crippen LogP contribution in [0.15, 0.2) is 29.3 Å². The Morgan fingerprint density at radius 1 is 1.22 bits per heavy atom. The summed E-state index contributed by atoms with van der Waals surface area (Å²) in [5, 5.41) is 5.91. The average molecular weight is 247 g/mol. The second-order valence-electron chi connectivity index (χ2n) is 4.68. The van der Waals surface area contributed by atoms with Crippen molar-refractivity contribution in [1.29, 1.82) is 0 Å². The molecular weight excluding hydrogens is 233 g/mol. The fraction of sp³-hybridized carbons (Fsp3) is 0.385. The lowest BCUT2D eigenvalue weighted by Crippen LogP contribution is -2.47. The van der Waals surface area contributed by atoms with Crippen molar-refractivity contribution in [3.63, 3.8) is 0 Å². The summed E-state index contributed by atoms with van der Waals surface area (Å²) < 4.78 is 13.7. The summed E-state index contributed by atoms with van der Waals surface area (Å²) in [6.45, 7) is 1.53. The van der Waals surface area contributed by atoms with Crippen molar-refractivity contribution in [3.05, 3.63) is 35.6 Å². The van der Waals surface area contributed by atoms with E-state index in [1.165, 1.54) is 6.07 Å². The summed E-state index contributed by atoms with van der Waals surface area (Å²) in [6, 6.07) is 6.36. The number of piperidine rings is 1. The third kappa shape index (κ3) is 1.71. The van der Waals surface area contributed by atoms with Crippen molar-refractivity contribution in [2.24, 2.45) is 4.99 Å². The fourth-order valence-corrected chi connectivity index (χ4v) is 2.48. The van der Waals surface area contributed by atoms with Gasteiger partial charge in [-0.15, -0.1) is 0 Å². The lowest BCUT2D eigenvalue weighted by Gasteiger charge is -2.28. The Balaban J connectivity index is 1.98. The molecule has 2 aliphatic rings. The van der Waals surface area contributed by atoms with Gasteiger partial charge in [0.2, 0.25) is 0 Å². The van der Waals surface area contributed by atoms with Crippen molar-refractivity contribution >= 4 is 11.7 Å². The van der Waals surface area contributed by atoms with E-state index in [1.54, 1.807) is 18.2 Å². The van der Waals surface area contributed by atoms with E-state index < -0.39 is 5.54 Å². The number of benzene rings is 1. The maximum atomic E-state index is 13.7. The SMILES string of the molecule is O=C1NC(c2ccccc2F)=NC12CCNCC2. The van der Waals surface area contributed by atoms with Crippen molar-refractivity contribution in [1.82, 2.24) is 10.6 Å². The van der Waals surface area contributed by atoms with Crippen molar-refractivity contribution in [3.8, 4) is 0 Å². The zero-order valence-electron chi connectivity index (χ0n) is 9.87. The molecule has 0 aromatic heterocycles. The van der Waals surface area contributed by atoms with E-state index in [0.29, 0.717) is 24.2 Å². The average Bonchev–Trinajstić information content (AvgIpc) is 2.68. The molecule has 1 amide bonds. The second-order valence-corrected chi connectivity index (χ2v) is 4.68.